The van der Waals surface area contributed by atoms with Crippen LogP contribution >= 0.6 is 0 Å². The predicted octanol–water partition coefficient (Wildman–Crippen LogP) is 3.96. The lowest BCUT2D eigenvalue weighted by Gasteiger charge is -2.09. The number of anilines is 1. The van der Waals surface area contributed by atoms with Crippen molar-refractivity contribution in [3.63, 3.8) is 0 Å². The fraction of sp³-hybridized carbons (Fsp3) is 0.542. The third kappa shape index (κ3) is 8.91. The first-order valence-corrected chi connectivity index (χ1v) is 12.1. The first-order chi connectivity index (χ1) is 16.7. The molecule has 0 bridgehead atoms. The Balaban J connectivity index is 1.73. The van der Waals surface area contributed by atoms with Gasteiger partial charge >= 0.3 is 0 Å². The zero-order valence-corrected chi connectivity index (χ0v) is 20.9. The number of unbranched alkanes of at least 4 members (excludes halogenated alkanes) is 6. The van der Waals surface area contributed by atoms with E-state index in [0.717, 1.165) is 19.4 Å². The second kappa shape index (κ2) is 13.9. The summed E-state index contributed by atoms with van der Waals surface area (Å²) in [7, 11) is 3.23. The number of carbonyl (C=O) groups is 2. The van der Waals surface area contributed by atoms with Crippen LogP contribution in [0, 0.1) is 15.5 Å². The van der Waals surface area contributed by atoms with Crippen molar-refractivity contribution in [3.8, 4) is 0 Å². The molecule has 2 amide bonds. The van der Waals surface area contributed by atoms with Crippen LogP contribution in [0.1, 0.15) is 79.3 Å². The molecule has 0 fully saturated rings. The van der Waals surface area contributed by atoms with E-state index >= 15 is 0 Å². The van der Waals surface area contributed by atoms with Gasteiger partial charge in [-0.05, 0) is 12.5 Å². The number of aryl methyl sites for hydroxylation is 2. The number of nitrogens with zero attached hydrogens (tertiary/aromatic N) is 3. The molecule has 35 heavy (non-hydrogen) atoms. The topological polar surface area (TPSA) is 147 Å². The van der Waals surface area contributed by atoms with E-state index in [1.54, 1.807) is 24.9 Å². The number of carbonyl (C=O) groups excluding carboxylic acids is 2. The minimum absolute atomic E-state index is 0.133. The number of hydrogen-bond donors (Lipinski definition) is 4. The fourth-order valence-electron chi connectivity index (χ4n) is 3.73. The van der Waals surface area contributed by atoms with Gasteiger partial charge in [-0.2, -0.15) is 0 Å². The van der Waals surface area contributed by atoms with Gasteiger partial charge in [0.1, 0.15) is 11.4 Å². The van der Waals surface area contributed by atoms with E-state index < -0.39 is 10.8 Å². The smallest absolute Gasteiger partial charge is 0.287 e. The Morgan fingerprint density at radius 2 is 1.54 bits per heavy atom. The number of hydrogen-bond acceptors (Lipinski definition) is 5. The molecule has 0 aromatic carbocycles. The highest BCUT2D eigenvalue weighted by Gasteiger charge is 2.19. The first kappa shape index (κ1) is 27.6. The predicted molar refractivity (Wildman–Crippen MR) is 136 cm³/mol. The van der Waals surface area contributed by atoms with E-state index in [9.17, 15) is 19.7 Å². The van der Waals surface area contributed by atoms with E-state index in [0.29, 0.717) is 30.2 Å². The molecule has 2 heterocycles. The van der Waals surface area contributed by atoms with Crippen LogP contribution in [0.25, 0.3) is 0 Å². The molecule has 2 aromatic heterocycles. The van der Waals surface area contributed by atoms with Crippen molar-refractivity contribution in [1.29, 1.82) is 5.41 Å². The van der Waals surface area contributed by atoms with Gasteiger partial charge in [0.25, 0.3) is 17.5 Å². The average Bonchev–Trinajstić information content (AvgIpc) is 3.38. The summed E-state index contributed by atoms with van der Waals surface area (Å²) < 4.78 is 2.96. The Bertz CT molecular complexity index is 1030. The van der Waals surface area contributed by atoms with E-state index in [1.165, 1.54) is 55.0 Å². The molecule has 0 radical (unpaired) electrons. The van der Waals surface area contributed by atoms with Gasteiger partial charge in [0.15, 0.2) is 0 Å². The van der Waals surface area contributed by atoms with Gasteiger partial charge in [-0.1, -0.05) is 45.4 Å². The minimum Gasteiger partial charge on any atom is -0.374 e. The molecule has 2 rings (SSSR count). The van der Waals surface area contributed by atoms with E-state index in [2.05, 4.69) is 22.9 Å². The highest BCUT2D eigenvalue weighted by molar-refractivity contribution is 6.04. The van der Waals surface area contributed by atoms with Gasteiger partial charge in [-0.25, -0.2) is 0 Å². The molecule has 11 heteroatoms. The summed E-state index contributed by atoms with van der Waals surface area (Å²) in [6.07, 6.45) is 11.8. The van der Waals surface area contributed by atoms with Gasteiger partial charge in [-0.15, -0.1) is 0 Å². The molecule has 0 aliphatic carbocycles. The van der Waals surface area contributed by atoms with Crippen LogP contribution in [-0.2, 0) is 14.1 Å². The standard InChI is InChI=1S/C24H37N7O4/c1-4-5-6-7-8-9-10-12-26-22(25)11-13-27-23(32)20-14-18(16-29(20)2)28-24(33)21-15-19(31(34)35)17-30(21)3/h14-17H,4-13H2,1-3H3,(H2,25,26)(H,27,32)(H,28,33). The van der Waals surface area contributed by atoms with E-state index in [1.807, 2.05) is 0 Å². The molecule has 0 saturated heterocycles. The lowest BCUT2D eigenvalue weighted by molar-refractivity contribution is -0.384. The second-order valence-corrected chi connectivity index (χ2v) is 8.66. The molecule has 0 spiro atoms. The second-order valence-electron chi connectivity index (χ2n) is 8.66. The number of amides is 2. The van der Waals surface area contributed by atoms with Crippen molar-refractivity contribution >= 4 is 29.0 Å². The van der Waals surface area contributed by atoms with Gasteiger partial charge in [-0.3, -0.25) is 25.1 Å². The van der Waals surface area contributed by atoms with Gasteiger partial charge < -0.3 is 25.1 Å². The summed E-state index contributed by atoms with van der Waals surface area (Å²) in [6.45, 7) is 3.30. The SMILES string of the molecule is CCCCCCCCCNC(=N)CCNC(=O)c1cc(NC(=O)c2cc([N+](=O)[O-])cn2C)cn1C. The lowest BCUT2D eigenvalue weighted by atomic mass is 10.1. The number of nitro groups is 1. The van der Waals surface area contributed by atoms with Crippen molar-refractivity contribution in [2.75, 3.05) is 18.4 Å². The normalized spacial score (nSPS) is 10.7. The van der Waals surface area contributed by atoms with Crippen molar-refractivity contribution < 1.29 is 14.5 Å². The van der Waals surface area contributed by atoms with Gasteiger partial charge in [0.2, 0.25) is 0 Å². The van der Waals surface area contributed by atoms with Crippen molar-refractivity contribution in [2.24, 2.45) is 14.1 Å². The molecule has 11 nitrogen and oxygen atoms in total. The van der Waals surface area contributed by atoms with Crippen LogP contribution in [0.5, 0.6) is 0 Å². The van der Waals surface area contributed by atoms with Gasteiger partial charge in [0, 0.05) is 45.9 Å². The molecule has 2 aromatic rings. The monoisotopic (exact) mass is 487 g/mol. The third-order valence-corrected chi connectivity index (χ3v) is 5.71. The van der Waals surface area contributed by atoms with Crippen LogP contribution in [0.3, 0.4) is 0 Å². The molecule has 4 N–H and O–H groups in total. The number of aromatic nitrogens is 2. The number of nitrogens with one attached hydrogen (secondary N) is 4. The van der Waals surface area contributed by atoms with E-state index in [-0.39, 0.29) is 17.3 Å². The molecule has 0 aliphatic rings. The zero-order chi connectivity index (χ0) is 25.8. The molecular formula is C24H37N7O4. The molecule has 192 valence electrons. The fourth-order valence-corrected chi connectivity index (χ4v) is 3.73. The van der Waals surface area contributed by atoms with Crippen LogP contribution in [-0.4, -0.2) is 44.8 Å². The highest BCUT2D eigenvalue weighted by Crippen LogP contribution is 2.18. The summed E-state index contributed by atoms with van der Waals surface area (Å²) in [6, 6.07) is 2.73. The quantitative estimate of drug-likeness (QED) is 0.0987. The Morgan fingerprint density at radius 3 is 2.20 bits per heavy atom. The summed E-state index contributed by atoms with van der Waals surface area (Å²) >= 11 is 0. The Hall–Kier alpha value is -3.63. The summed E-state index contributed by atoms with van der Waals surface area (Å²) in [5, 5.41) is 27.5. The lowest BCUT2D eigenvalue weighted by Crippen LogP contribution is -2.31. The third-order valence-electron chi connectivity index (χ3n) is 5.71. The zero-order valence-electron chi connectivity index (χ0n) is 20.9. The molecule has 0 aliphatic heterocycles. The summed E-state index contributed by atoms with van der Waals surface area (Å²) in [5.41, 5.74) is 0.707. The van der Waals surface area contributed by atoms with Crippen LogP contribution in [0.2, 0.25) is 0 Å². The maximum Gasteiger partial charge on any atom is 0.287 e. The summed E-state index contributed by atoms with van der Waals surface area (Å²) in [5.74, 6) is -0.436. The highest BCUT2D eigenvalue weighted by atomic mass is 16.6. The Kier molecular flexibility index (Phi) is 11.0. The van der Waals surface area contributed by atoms with E-state index in [4.69, 9.17) is 5.41 Å². The maximum atomic E-state index is 12.5. The van der Waals surface area contributed by atoms with Crippen molar-refractivity contribution in [2.45, 2.75) is 58.3 Å². The van der Waals surface area contributed by atoms with Crippen molar-refractivity contribution in [1.82, 2.24) is 19.8 Å². The van der Waals surface area contributed by atoms with Crippen LogP contribution < -0.4 is 16.0 Å². The minimum atomic E-state index is -0.563. The Labute approximate surface area is 205 Å². The van der Waals surface area contributed by atoms with Gasteiger partial charge in [0.05, 0.1) is 22.6 Å². The molecule has 0 atom stereocenters. The number of rotatable bonds is 15. The molecular weight excluding hydrogens is 450 g/mol. The number of amidine groups is 1. The Morgan fingerprint density at radius 1 is 0.914 bits per heavy atom. The molecule has 0 unspecified atom stereocenters. The van der Waals surface area contributed by atoms with Crippen LogP contribution in [0.4, 0.5) is 11.4 Å². The maximum absolute atomic E-state index is 12.5. The first-order valence-electron chi connectivity index (χ1n) is 12.1. The van der Waals surface area contributed by atoms with Crippen LogP contribution in [0.15, 0.2) is 24.5 Å². The largest absolute Gasteiger partial charge is 0.374 e. The van der Waals surface area contributed by atoms with Crippen molar-refractivity contribution in [3.05, 3.63) is 46.0 Å². The summed E-state index contributed by atoms with van der Waals surface area (Å²) in [4.78, 5) is 35.4. The molecule has 0 saturated carbocycles. The average molecular weight is 488 g/mol.